The zero-order chi connectivity index (χ0) is 15.9. The minimum atomic E-state index is -0.644. The molecule has 21 heavy (non-hydrogen) atoms. The van der Waals surface area contributed by atoms with Crippen LogP contribution < -0.4 is 0 Å². The van der Waals surface area contributed by atoms with Crippen LogP contribution in [0.15, 0.2) is 0 Å². The first-order valence-corrected chi connectivity index (χ1v) is 8.39. The fourth-order valence-corrected chi connectivity index (χ4v) is 2.23. The molecule has 0 amide bonds. The van der Waals surface area contributed by atoms with Crippen molar-refractivity contribution in [1.82, 2.24) is 0 Å². The monoisotopic (exact) mass is 300 g/mol. The maximum atomic E-state index is 11.3. The largest absolute Gasteiger partial charge is 0.458 e. The number of hydrogen-bond donors (Lipinski definition) is 1. The summed E-state index contributed by atoms with van der Waals surface area (Å²) in [5.41, 5.74) is 0. The lowest BCUT2D eigenvalue weighted by Gasteiger charge is -2.09. The molecule has 1 atom stereocenters. The van der Waals surface area contributed by atoms with E-state index in [1.165, 1.54) is 51.9 Å². The summed E-state index contributed by atoms with van der Waals surface area (Å²) >= 11 is 0. The van der Waals surface area contributed by atoms with Gasteiger partial charge < -0.3 is 9.84 Å². The Kier molecular flexibility index (Phi) is 13.5. The number of carbonyl (C=O) groups excluding carboxylic acids is 2. The first kappa shape index (κ1) is 20.1. The Bertz CT molecular complexity index is 276. The number of rotatable bonds is 14. The van der Waals surface area contributed by atoms with Crippen LogP contribution in [0.5, 0.6) is 0 Å². The van der Waals surface area contributed by atoms with Crippen LogP contribution in [0.3, 0.4) is 0 Å². The lowest BCUT2D eigenvalue weighted by molar-refractivity contribution is -0.149. The Morgan fingerprint density at radius 2 is 1.48 bits per heavy atom. The number of unbranched alkanes of at least 4 members (excludes halogenated alkanes) is 8. The Balaban J connectivity index is 3.35. The molecule has 0 bridgehead atoms. The van der Waals surface area contributed by atoms with Crippen molar-refractivity contribution in [3.8, 4) is 0 Å². The SMILES string of the molecule is CCCCCCCCCCCC(O)CC(=O)OCC(C)=O. The van der Waals surface area contributed by atoms with Gasteiger partial charge in [0.25, 0.3) is 0 Å². The molecule has 0 aromatic heterocycles. The highest BCUT2D eigenvalue weighted by atomic mass is 16.5. The van der Waals surface area contributed by atoms with Gasteiger partial charge in [-0.25, -0.2) is 0 Å². The second-order valence-corrected chi connectivity index (χ2v) is 5.84. The molecular weight excluding hydrogens is 268 g/mol. The van der Waals surface area contributed by atoms with Crippen LogP contribution in [0.25, 0.3) is 0 Å². The minimum Gasteiger partial charge on any atom is -0.458 e. The van der Waals surface area contributed by atoms with Crippen LogP contribution in [0.1, 0.15) is 84.5 Å². The highest BCUT2D eigenvalue weighted by Gasteiger charge is 2.12. The van der Waals surface area contributed by atoms with Gasteiger partial charge in [0.15, 0.2) is 5.78 Å². The van der Waals surface area contributed by atoms with E-state index in [0.29, 0.717) is 6.42 Å². The van der Waals surface area contributed by atoms with Crippen LogP contribution in [-0.2, 0) is 14.3 Å². The van der Waals surface area contributed by atoms with Gasteiger partial charge in [0.05, 0.1) is 12.5 Å². The third kappa shape index (κ3) is 15.3. The van der Waals surface area contributed by atoms with Gasteiger partial charge >= 0.3 is 5.97 Å². The lowest BCUT2D eigenvalue weighted by Crippen LogP contribution is -2.18. The summed E-state index contributed by atoms with van der Waals surface area (Å²) in [5, 5.41) is 9.70. The molecule has 1 unspecified atom stereocenters. The standard InChI is InChI=1S/C17H32O4/c1-3-4-5-6-7-8-9-10-11-12-16(19)13-17(20)21-14-15(2)18/h16,19H,3-14H2,1-2H3. The minimum absolute atomic E-state index is 0.00963. The van der Waals surface area contributed by atoms with Gasteiger partial charge in [-0.15, -0.1) is 0 Å². The number of ether oxygens (including phenoxy) is 1. The second kappa shape index (κ2) is 14.1. The lowest BCUT2D eigenvalue weighted by atomic mass is 10.0. The normalized spacial score (nSPS) is 12.1. The first-order valence-electron chi connectivity index (χ1n) is 8.39. The molecule has 0 aliphatic heterocycles. The molecule has 0 radical (unpaired) electrons. The molecule has 0 heterocycles. The van der Waals surface area contributed by atoms with Crippen molar-refractivity contribution in [1.29, 1.82) is 0 Å². The van der Waals surface area contributed by atoms with E-state index in [1.54, 1.807) is 0 Å². The molecule has 1 N–H and O–H groups in total. The van der Waals surface area contributed by atoms with Crippen molar-refractivity contribution in [3.63, 3.8) is 0 Å². The van der Waals surface area contributed by atoms with Gasteiger partial charge in [0.1, 0.15) is 6.61 Å². The summed E-state index contributed by atoms with van der Waals surface area (Å²) in [5.74, 6) is -0.676. The topological polar surface area (TPSA) is 63.6 Å². The molecule has 0 rings (SSSR count). The third-order valence-electron chi connectivity index (χ3n) is 3.48. The van der Waals surface area contributed by atoms with Crippen molar-refractivity contribution in [2.24, 2.45) is 0 Å². The maximum Gasteiger partial charge on any atom is 0.308 e. The van der Waals surface area contributed by atoms with Crippen molar-refractivity contribution in [2.75, 3.05) is 6.61 Å². The number of esters is 1. The van der Waals surface area contributed by atoms with Crippen LogP contribution in [0.4, 0.5) is 0 Å². The number of aliphatic hydroxyl groups excluding tert-OH is 1. The summed E-state index contributed by atoms with van der Waals surface area (Å²) in [6, 6.07) is 0. The Morgan fingerprint density at radius 3 is 2.00 bits per heavy atom. The summed E-state index contributed by atoms with van der Waals surface area (Å²) < 4.78 is 4.72. The summed E-state index contributed by atoms with van der Waals surface area (Å²) in [6.07, 6.45) is 11.1. The average molecular weight is 300 g/mol. The number of hydrogen-bond acceptors (Lipinski definition) is 4. The molecule has 0 saturated heterocycles. The molecule has 0 saturated carbocycles. The second-order valence-electron chi connectivity index (χ2n) is 5.84. The van der Waals surface area contributed by atoms with E-state index in [2.05, 4.69) is 6.92 Å². The number of aliphatic hydroxyl groups is 1. The van der Waals surface area contributed by atoms with Gasteiger partial charge in [-0.2, -0.15) is 0 Å². The highest BCUT2D eigenvalue weighted by Crippen LogP contribution is 2.12. The Labute approximate surface area is 129 Å². The van der Waals surface area contributed by atoms with Gasteiger partial charge in [0, 0.05) is 0 Å². The molecule has 4 nitrogen and oxygen atoms in total. The van der Waals surface area contributed by atoms with Gasteiger partial charge in [-0.05, 0) is 13.3 Å². The van der Waals surface area contributed by atoms with Gasteiger partial charge in [-0.3, -0.25) is 9.59 Å². The maximum absolute atomic E-state index is 11.3. The molecular formula is C17H32O4. The predicted octanol–water partition coefficient (Wildman–Crippen LogP) is 3.79. The number of carbonyl (C=O) groups is 2. The smallest absolute Gasteiger partial charge is 0.308 e. The quantitative estimate of drug-likeness (QED) is 0.391. The van der Waals surface area contributed by atoms with Crippen LogP contribution in [0, 0.1) is 0 Å². The number of Topliss-reactive ketones (excluding diaryl/α,β-unsaturated/α-hetero) is 1. The summed E-state index contributed by atoms with van der Waals surface area (Å²) in [6.45, 7) is 3.40. The molecule has 0 aromatic carbocycles. The van der Waals surface area contributed by atoms with Crippen LogP contribution >= 0.6 is 0 Å². The van der Waals surface area contributed by atoms with Gasteiger partial charge in [-0.1, -0.05) is 64.7 Å². The fraction of sp³-hybridized carbons (Fsp3) is 0.882. The molecule has 0 aromatic rings. The van der Waals surface area contributed by atoms with E-state index < -0.39 is 12.1 Å². The highest BCUT2D eigenvalue weighted by molar-refractivity contribution is 5.80. The zero-order valence-electron chi connectivity index (χ0n) is 13.7. The van der Waals surface area contributed by atoms with E-state index in [0.717, 1.165) is 12.8 Å². The van der Waals surface area contributed by atoms with Gasteiger partial charge in [0.2, 0.25) is 0 Å². The van der Waals surface area contributed by atoms with Crippen molar-refractivity contribution >= 4 is 11.8 Å². The summed E-state index contributed by atoms with van der Waals surface area (Å²) in [4.78, 5) is 21.9. The third-order valence-corrected chi connectivity index (χ3v) is 3.48. The summed E-state index contributed by atoms with van der Waals surface area (Å²) in [7, 11) is 0. The van der Waals surface area contributed by atoms with E-state index >= 15 is 0 Å². The molecule has 0 aliphatic rings. The predicted molar refractivity (Wildman–Crippen MR) is 84.1 cm³/mol. The molecule has 0 spiro atoms. The molecule has 4 heteroatoms. The fourth-order valence-electron chi connectivity index (χ4n) is 2.23. The van der Waals surface area contributed by atoms with Crippen molar-refractivity contribution in [2.45, 2.75) is 90.6 Å². The Hall–Kier alpha value is -0.900. The van der Waals surface area contributed by atoms with Crippen LogP contribution in [-0.4, -0.2) is 29.6 Å². The molecule has 0 aliphatic carbocycles. The molecule has 124 valence electrons. The number of ketones is 1. The first-order chi connectivity index (χ1) is 10.1. The average Bonchev–Trinajstić information content (AvgIpc) is 2.43. The van der Waals surface area contributed by atoms with E-state index in [4.69, 9.17) is 4.74 Å². The van der Waals surface area contributed by atoms with Crippen molar-refractivity contribution in [3.05, 3.63) is 0 Å². The van der Waals surface area contributed by atoms with E-state index in [9.17, 15) is 14.7 Å². The van der Waals surface area contributed by atoms with Crippen molar-refractivity contribution < 1.29 is 19.4 Å². The van der Waals surface area contributed by atoms with E-state index in [-0.39, 0.29) is 18.8 Å². The zero-order valence-corrected chi connectivity index (χ0v) is 13.7. The van der Waals surface area contributed by atoms with Crippen LogP contribution in [0.2, 0.25) is 0 Å². The Morgan fingerprint density at radius 1 is 0.952 bits per heavy atom. The molecule has 0 fully saturated rings. The van der Waals surface area contributed by atoms with E-state index in [1.807, 2.05) is 0 Å².